The molecule has 0 aliphatic rings. The second-order valence-corrected chi connectivity index (χ2v) is 6.28. The van der Waals surface area contributed by atoms with Crippen molar-refractivity contribution in [2.24, 2.45) is 0 Å². The minimum absolute atomic E-state index is 0.310. The van der Waals surface area contributed by atoms with Crippen LogP contribution in [0.15, 0.2) is 48.0 Å². The fourth-order valence-corrected chi connectivity index (χ4v) is 2.75. The minimum Gasteiger partial charge on any atom is -0.489 e. The topological polar surface area (TPSA) is 25.4 Å². The third-order valence-corrected chi connectivity index (χ3v) is 4.23. The summed E-state index contributed by atoms with van der Waals surface area (Å²) in [6.07, 6.45) is 1.86. The Morgan fingerprint density at radius 2 is 2.29 bits per heavy atom. The molecular formula is C17H22N2OS. The summed E-state index contributed by atoms with van der Waals surface area (Å²) in [5.41, 5.74) is 2.26. The van der Waals surface area contributed by atoms with Gasteiger partial charge in [0.2, 0.25) is 0 Å². The average molecular weight is 302 g/mol. The molecule has 21 heavy (non-hydrogen) atoms. The van der Waals surface area contributed by atoms with Crippen LogP contribution < -0.4 is 4.74 Å². The third-order valence-electron chi connectivity index (χ3n) is 3.29. The highest BCUT2D eigenvalue weighted by molar-refractivity contribution is 7.09. The number of hydrogen-bond acceptors (Lipinski definition) is 4. The molecule has 112 valence electrons. The minimum atomic E-state index is 0.310. The molecule has 0 bridgehead atoms. The standard InChI is InChI=1S/C17H22N2OS/c1-13(2)12-20-16-7-5-6-15(10-16)11-19(4)14(3)17-18-8-9-21-17/h5-10,14H,1,11-12H2,2-4H3/t14-/m0/s1. The second-order valence-electron chi connectivity index (χ2n) is 5.35. The van der Waals surface area contributed by atoms with E-state index >= 15 is 0 Å². The summed E-state index contributed by atoms with van der Waals surface area (Å²) in [6, 6.07) is 8.54. The van der Waals surface area contributed by atoms with Gasteiger partial charge in [-0.3, -0.25) is 4.90 Å². The number of hydrogen-bond donors (Lipinski definition) is 0. The van der Waals surface area contributed by atoms with Crippen molar-refractivity contribution in [2.75, 3.05) is 13.7 Å². The van der Waals surface area contributed by atoms with Gasteiger partial charge in [-0.25, -0.2) is 4.98 Å². The van der Waals surface area contributed by atoms with Gasteiger partial charge in [0.25, 0.3) is 0 Å². The molecule has 0 unspecified atom stereocenters. The van der Waals surface area contributed by atoms with Crippen LogP contribution in [0.1, 0.15) is 30.5 Å². The molecule has 0 spiro atoms. The average Bonchev–Trinajstić information content (AvgIpc) is 2.98. The predicted molar refractivity (Wildman–Crippen MR) is 88.7 cm³/mol. The van der Waals surface area contributed by atoms with Crippen LogP contribution in [-0.2, 0) is 6.54 Å². The second kappa shape index (κ2) is 7.38. The van der Waals surface area contributed by atoms with Crippen molar-refractivity contribution in [3.63, 3.8) is 0 Å². The molecule has 2 aromatic rings. The van der Waals surface area contributed by atoms with Crippen molar-refractivity contribution in [3.05, 3.63) is 58.6 Å². The summed E-state index contributed by atoms with van der Waals surface area (Å²) in [7, 11) is 2.12. The van der Waals surface area contributed by atoms with E-state index in [1.54, 1.807) is 11.3 Å². The summed E-state index contributed by atoms with van der Waals surface area (Å²) in [5.74, 6) is 0.894. The zero-order valence-electron chi connectivity index (χ0n) is 12.9. The molecule has 1 atom stereocenters. The van der Waals surface area contributed by atoms with Gasteiger partial charge in [0.05, 0.1) is 6.04 Å². The summed E-state index contributed by atoms with van der Waals surface area (Å²) >= 11 is 1.70. The Kier molecular flexibility index (Phi) is 5.53. The summed E-state index contributed by atoms with van der Waals surface area (Å²) in [4.78, 5) is 6.68. The van der Waals surface area contributed by atoms with Crippen LogP contribution in [0.2, 0.25) is 0 Å². The van der Waals surface area contributed by atoms with Gasteiger partial charge in [-0.1, -0.05) is 18.7 Å². The number of benzene rings is 1. The molecule has 0 N–H and O–H groups in total. The molecule has 0 radical (unpaired) electrons. The predicted octanol–water partition coefficient (Wildman–Crippen LogP) is 4.29. The van der Waals surface area contributed by atoms with Gasteiger partial charge < -0.3 is 4.74 Å². The number of nitrogens with zero attached hydrogens (tertiary/aromatic N) is 2. The van der Waals surface area contributed by atoms with Crippen LogP contribution in [0.4, 0.5) is 0 Å². The first-order valence-electron chi connectivity index (χ1n) is 7.02. The van der Waals surface area contributed by atoms with E-state index in [0.29, 0.717) is 12.6 Å². The highest BCUT2D eigenvalue weighted by Crippen LogP contribution is 2.23. The van der Waals surface area contributed by atoms with E-state index in [2.05, 4.69) is 42.6 Å². The van der Waals surface area contributed by atoms with Crippen molar-refractivity contribution in [3.8, 4) is 5.75 Å². The Balaban J connectivity index is 1.98. The van der Waals surface area contributed by atoms with Crippen molar-refractivity contribution >= 4 is 11.3 Å². The maximum absolute atomic E-state index is 5.69. The van der Waals surface area contributed by atoms with Crippen LogP contribution in [0.25, 0.3) is 0 Å². The molecule has 4 heteroatoms. The first-order valence-corrected chi connectivity index (χ1v) is 7.90. The van der Waals surface area contributed by atoms with Crippen LogP contribution in [0, 0.1) is 0 Å². The fraction of sp³-hybridized carbons (Fsp3) is 0.353. The number of rotatable bonds is 7. The maximum atomic E-state index is 5.69. The number of ether oxygens (including phenoxy) is 1. The Morgan fingerprint density at radius 1 is 1.48 bits per heavy atom. The lowest BCUT2D eigenvalue weighted by Gasteiger charge is -2.23. The molecule has 0 amide bonds. The van der Waals surface area contributed by atoms with E-state index in [1.807, 2.05) is 30.6 Å². The zero-order chi connectivity index (χ0) is 15.2. The molecule has 0 saturated carbocycles. The summed E-state index contributed by atoms with van der Waals surface area (Å²) in [5, 5.41) is 3.17. The van der Waals surface area contributed by atoms with Crippen molar-refractivity contribution in [1.29, 1.82) is 0 Å². The van der Waals surface area contributed by atoms with Gasteiger partial charge in [0, 0.05) is 18.1 Å². The highest BCUT2D eigenvalue weighted by atomic mass is 32.1. The monoisotopic (exact) mass is 302 g/mol. The zero-order valence-corrected chi connectivity index (χ0v) is 13.7. The fourth-order valence-electron chi connectivity index (χ4n) is 1.99. The Hall–Kier alpha value is -1.65. The molecule has 2 rings (SSSR count). The molecule has 3 nitrogen and oxygen atoms in total. The smallest absolute Gasteiger partial charge is 0.120 e. The van der Waals surface area contributed by atoms with Gasteiger partial charge in [0.1, 0.15) is 17.4 Å². The SMILES string of the molecule is C=C(C)COc1cccc(CN(C)[C@@H](C)c2nccs2)c1. The Labute approximate surface area is 130 Å². The van der Waals surface area contributed by atoms with Gasteiger partial charge in [-0.15, -0.1) is 11.3 Å². The first kappa shape index (κ1) is 15.7. The van der Waals surface area contributed by atoms with Gasteiger partial charge in [0.15, 0.2) is 0 Å². The molecule has 0 fully saturated rings. The lowest BCUT2D eigenvalue weighted by atomic mass is 10.2. The number of thiazole rings is 1. The van der Waals surface area contributed by atoms with Gasteiger partial charge in [-0.05, 0) is 44.2 Å². The first-order chi connectivity index (χ1) is 10.1. The van der Waals surface area contributed by atoms with Crippen LogP contribution >= 0.6 is 11.3 Å². The highest BCUT2D eigenvalue weighted by Gasteiger charge is 2.14. The van der Waals surface area contributed by atoms with Crippen LogP contribution in [0.5, 0.6) is 5.75 Å². The number of aromatic nitrogens is 1. The normalized spacial score (nSPS) is 12.4. The third kappa shape index (κ3) is 4.69. The molecule has 1 heterocycles. The van der Waals surface area contributed by atoms with Crippen LogP contribution in [0.3, 0.4) is 0 Å². The molecule has 0 saturated heterocycles. The van der Waals surface area contributed by atoms with Crippen molar-refractivity contribution in [1.82, 2.24) is 9.88 Å². The van der Waals surface area contributed by atoms with E-state index in [-0.39, 0.29) is 0 Å². The van der Waals surface area contributed by atoms with E-state index in [4.69, 9.17) is 4.74 Å². The quantitative estimate of drug-likeness (QED) is 0.713. The van der Waals surface area contributed by atoms with E-state index in [0.717, 1.165) is 22.9 Å². The van der Waals surface area contributed by atoms with Gasteiger partial charge >= 0.3 is 0 Å². The Morgan fingerprint density at radius 3 is 2.95 bits per heavy atom. The summed E-state index contributed by atoms with van der Waals surface area (Å²) in [6.45, 7) is 9.43. The Bertz CT molecular complexity index is 580. The van der Waals surface area contributed by atoms with E-state index < -0.39 is 0 Å². The molecule has 1 aromatic heterocycles. The molecule has 0 aliphatic heterocycles. The lowest BCUT2D eigenvalue weighted by Crippen LogP contribution is -2.21. The maximum Gasteiger partial charge on any atom is 0.120 e. The largest absolute Gasteiger partial charge is 0.489 e. The molecule has 0 aliphatic carbocycles. The molecule has 1 aromatic carbocycles. The van der Waals surface area contributed by atoms with Crippen molar-refractivity contribution < 1.29 is 4.74 Å². The molecular weight excluding hydrogens is 280 g/mol. The van der Waals surface area contributed by atoms with Gasteiger partial charge in [-0.2, -0.15) is 0 Å². The van der Waals surface area contributed by atoms with E-state index in [9.17, 15) is 0 Å². The lowest BCUT2D eigenvalue weighted by molar-refractivity contribution is 0.252. The van der Waals surface area contributed by atoms with E-state index in [1.165, 1.54) is 5.56 Å². The van der Waals surface area contributed by atoms with Crippen LogP contribution in [-0.4, -0.2) is 23.5 Å². The van der Waals surface area contributed by atoms with Crippen molar-refractivity contribution in [2.45, 2.75) is 26.4 Å². The summed E-state index contributed by atoms with van der Waals surface area (Å²) < 4.78 is 5.69.